The average molecular weight is 859 g/mol. The molecule has 0 aromatic rings. The summed E-state index contributed by atoms with van der Waals surface area (Å²) >= 11 is 0. The van der Waals surface area contributed by atoms with Gasteiger partial charge >= 0.3 is 23.9 Å². The quantitative estimate of drug-likeness (QED) is 0.0280. The maximum absolute atomic E-state index is 10.1. The summed E-state index contributed by atoms with van der Waals surface area (Å²) in [5.41, 5.74) is -2.32. The van der Waals surface area contributed by atoms with Gasteiger partial charge in [0.25, 0.3) is 0 Å². The summed E-state index contributed by atoms with van der Waals surface area (Å²) < 4.78 is 5.15. The number of aliphatic hydroxyl groups excluding tert-OH is 6. The number of aliphatic carboxylic acids is 4. The molecule has 0 aliphatic carbocycles. The third-order valence-corrected chi connectivity index (χ3v) is 9.23. The SMILES string of the molecule is CC(C)CCCCCC(=O)O.CCCCCCC(=O)O.CCCCCCCC(=O)O.CCCCCCCCCC(=O)O.OCC(CO)(CO)COCC(CO)(CO)CO. The fourth-order valence-electron chi connectivity index (χ4n) is 4.88. The van der Waals surface area contributed by atoms with Gasteiger partial charge in [-0.1, -0.05) is 137 Å². The molecule has 0 aliphatic rings. The van der Waals surface area contributed by atoms with E-state index in [0.29, 0.717) is 25.7 Å². The molecule has 356 valence electrons. The minimum atomic E-state index is -1.16. The highest BCUT2D eigenvalue weighted by molar-refractivity contribution is 5.67. The monoisotopic (exact) mass is 859 g/mol. The van der Waals surface area contributed by atoms with E-state index in [2.05, 4.69) is 34.6 Å². The highest BCUT2D eigenvalue weighted by Crippen LogP contribution is 2.20. The lowest BCUT2D eigenvalue weighted by atomic mass is 9.91. The molecule has 0 aromatic carbocycles. The Morgan fingerprint density at radius 3 is 0.831 bits per heavy atom. The van der Waals surface area contributed by atoms with Crippen LogP contribution < -0.4 is 0 Å². The number of carboxylic acids is 4. The van der Waals surface area contributed by atoms with Gasteiger partial charge < -0.3 is 55.8 Å². The van der Waals surface area contributed by atoms with Crippen LogP contribution >= 0.6 is 0 Å². The van der Waals surface area contributed by atoms with Gasteiger partial charge in [-0.05, 0) is 31.6 Å². The Morgan fingerprint density at radius 1 is 0.390 bits per heavy atom. The molecule has 0 saturated heterocycles. The summed E-state index contributed by atoms with van der Waals surface area (Å²) in [5.74, 6) is -1.93. The molecular formula is C44H90O15. The van der Waals surface area contributed by atoms with Crippen LogP contribution in [-0.2, 0) is 23.9 Å². The number of hydrogen-bond acceptors (Lipinski definition) is 11. The number of rotatable bonds is 35. The molecule has 15 nitrogen and oxygen atoms in total. The first kappa shape index (κ1) is 65.7. The largest absolute Gasteiger partial charge is 0.481 e. The van der Waals surface area contributed by atoms with E-state index in [0.717, 1.165) is 63.7 Å². The van der Waals surface area contributed by atoms with E-state index in [1.54, 1.807) is 0 Å². The van der Waals surface area contributed by atoms with Crippen LogP contribution in [0.1, 0.15) is 189 Å². The number of hydrogen-bond donors (Lipinski definition) is 10. The molecule has 0 atom stereocenters. The predicted octanol–water partition coefficient (Wildman–Crippen LogP) is 7.29. The summed E-state index contributed by atoms with van der Waals surface area (Å²) in [6, 6.07) is 0. The van der Waals surface area contributed by atoms with Crippen LogP contribution in [0.5, 0.6) is 0 Å². The number of aliphatic hydroxyl groups is 6. The van der Waals surface area contributed by atoms with E-state index in [4.69, 9.17) is 55.8 Å². The molecule has 0 aliphatic heterocycles. The zero-order chi connectivity index (χ0) is 46.2. The molecule has 0 amide bonds. The standard InChI is InChI=1S/C10H22O7.C10H20O2.C9H18O2.C8H16O2.C7H14O2/c11-1-9(2-12,3-13)7-17-8-10(4-14,5-15)6-16;1-2-3-4-5-6-7-8-9-10(11)12;1-8(2)6-4-3-5-7-9(10)11;1-2-3-4-5-6-7-8(9)10;1-2-3-4-5-6-7(8)9/h11-16H,1-8H2;2-9H2,1H3,(H,11,12);8H,3-7H2,1-2H3,(H,10,11);2-7H2,1H3,(H,9,10);2-6H2,1H3,(H,8,9). The van der Waals surface area contributed by atoms with Crippen molar-refractivity contribution in [2.45, 2.75) is 189 Å². The first-order chi connectivity index (χ1) is 28.0. The molecular weight excluding hydrogens is 768 g/mol. The third kappa shape index (κ3) is 55.6. The van der Waals surface area contributed by atoms with Gasteiger partial charge in [0.15, 0.2) is 0 Å². The highest BCUT2D eigenvalue weighted by atomic mass is 16.5. The minimum Gasteiger partial charge on any atom is -0.481 e. The van der Waals surface area contributed by atoms with Crippen molar-refractivity contribution in [3.8, 4) is 0 Å². The van der Waals surface area contributed by atoms with Crippen molar-refractivity contribution in [2.24, 2.45) is 16.7 Å². The Balaban J connectivity index is -0.000000210. The molecule has 0 bridgehead atoms. The Hall–Kier alpha value is -2.40. The molecule has 0 heterocycles. The van der Waals surface area contributed by atoms with Crippen molar-refractivity contribution in [3.63, 3.8) is 0 Å². The van der Waals surface area contributed by atoms with Gasteiger partial charge in [-0.25, -0.2) is 0 Å². The van der Waals surface area contributed by atoms with Crippen LogP contribution in [0.4, 0.5) is 0 Å². The number of ether oxygens (including phenoxy) is 1. The zero-order valence-electron chi connectivity index (χ0n) is 37.7. The van der Waals surface area contributed by atoms with Gasteiger partial charge in [0.05, 0.1) is 63.7 Å². The van der Waals surface area contributed by atoms with E-state index in [-0.39, 0.29) is 13.2 Å². The second-order valence-corrected chi connectivity index (χ2v) is 15.9. The van der Waals surface area contributed by atoms with Crippen LogP contribution in [0, 0.1) is 16.7 Å². The van der Waals surface area contributed by atoms with Gasteiger partial charge in [-0.2, -0.15) is 0 Å². The van der Waals surface area contributed by atoms with Gasteiger partial charge in [-0.3, -0.25) is 19.2 Å². The van der Waals surface area contributed by atoms with Gasteiger partial charge in [0.2, 0.25) is 0 Å². The van der Waals surface area contributed by atoms with Crippen LogP contribution in [0.25, 0.3) is 0 Å². The lowest BCUT2D eigenvalue weighted by Crippen LogP contribution is -2.43. The average Bonchev–Trinajstić information content (AvgIpc) is 3.20. The van der Waals surface area contributed by atoms with E-state index >= 15 is 0 Å². The van der Waals surface area contributed by atoms with Crippen LogP contribution in [0.3, 0.4) is 0 Å². The van der Waals surface area contributed by atoms with Crippen molar-refractivity contribution >= 4 is 23.9 Å². The molecule has 0 unspecified atom stereocenters. The molecule has 0 radical (unpaired) electrons. The molecule has 0 rings (SSSR count). The van der Waals surface area contributed by atoms with Crippen molar-refractivity contribution in [3.05, 3.63) is 0 Å². The summed E-state index contributed by atoms with van der Waals surface area (Å²) in [6.07, 6.45) is 23.7. The molecule has 59 heavy (non-hydrogen) atoms. The second-order valence-electron chi connectivity index (χ2n) is 15.9. The Kier molecular flexibility index (Phi) is 55.6. The van der Waals surface area contributed by atoms with Crippen molar-refractivity contribution in [1.82, 2.24) is 0 Å². The lowest BCUT2D eigenvalue weighted by molar-refractivity contribution is -0.138. The lowest BCUT2D eigenvalue weighted by Gasteiger charge is -2.31. The fraction of sp³-hybridized carbons (Fsp3) is 0.909. The van der Waals surface area contributed by atoms with Crippen molar-refractivity contribution < 1.29 is 75.0 Å². The number of carbonyl (C=O) groups is 4. The molecule has 0 spiro atoms. The number of unbranched alkanes of at least 4 members (excludes halogenated alkanes) is 15. The maximum Gasteiger partial charge on any atom is 0.303 e. The number of carboxylic acid groups (broad SMARTS) is 4. The molecule has 15 heteroatoms. The Labute approximate surface area is 356 Å². The smallest absolute Gasteiger partial charge is 0.303 e. The predicted molar refractivity (Wildman–Crippen MR) is 231 cm³/mol. The third-order valence-electron chi connectivity index (χ3n) is 9.23. The van der Waals surface area contributed by atoms with E-state index in [1.165, 1.54) is 70.6 Å². The van der Waals surface area contributed by atoms with Crippen LogP contribution in [0.15, 0.2) is 0 Å². The normalized spacial score (nSPS) is 10.8. The minimum absolute atomic E-state index is 0.141. The molecule has 10 N–H and O–H groups in total. The topological polar surface area (TPSA) is 280 Å². The maximum atomic E-state index is 10.1. The molecule has 0 fully saturated rings. The van der Waals surface area contributed by atoms with Crippen LogP contribution in [-0.4, -0.2) is 128 Å². The van der Waals surface area contributed by atoms with Crippen molar-refractivity contribution in [1.29, 1.82) is 0 Å². The highest BCUT2D eigenvalue weighted by Gasteiger charge is 2.32. The first-order valence-corrected chi connectivity index (χ1v) is 22.1. The Bertz CT molecular complexity index is 870. The summed E-state index contributed by atoms with van der Waals surface area (Å²) in [7, 11) is 0. The zero-order valence-corrected chi connectivity index (χ0v) is 37.7. The van der Waals surface area contributed by atoms with E-state index < -0.39 is 74.3 Å². The fourth-order valence-corrected chi connectivity index (χ4v) is 4.88. The second kappa shape index (κ2) is 50.0. The van der Waals surface area contributed by atoms with Gasteiger partial charge in [0, 0.05) is 25.7 Å². The van der Waals surface area contributed by atoms with E-state index in [9.17, 15) is 19.2 Å². The first-order valence-electron chi connectivity index (χ1n) is 22.1. The van der Waals surface area contributed by atoms with E-state index in [1.807, 2.05) is 0 Å². The summed E-state index contributed by atoms with van der Waals surface area (Å²) in [6.45, 7) is 7.84. The Morgan fingerprint density at radius 2 is 0.610 bits per heavy atom. The molecule has 0 aromatic heterocycles. The van der Waals surface area contributed by atoms with Crippen molar-refractivity contribution in [2.75, 3.05) is 52.9 Å². The molecule has 0 saturated carbocycles. The summed E-state index contributed by atoms with van der Waals surface area (Å²) in [5, 5.41) is 87.3. The van der Waals surface area contributed by atoms with Crippen LogP contribution in [0.2, 0.25) is 0 Å². The van der Waals surface area contributed by atoms with Gasteiger partial charge in [0.1, 0.15) is 0 Å². The van der Waals surface area contributed by atoms with Gasteiger partial charge in [-0.15, -0.1) is 0 Å². The summed E-state index contributed by atoms with van der Waals surface area (Å²) in [4.78, 5) is 40.2.